The van der Waals surface area contributed by atoms with E-state index in [0.29, 0.717) is 11.5 Å². The molecule has 2 aromatic rings. The van der Waals surface area contributed by atoms with Crippen LogP contribution in [0.2, 0.25) is 0 Å². The summed E-state index contributed by atoms with van der Waals surface area (Å²) in [5.41, 5.74) is 0.952. The molecule has 0 unspecified atom stereocenters. The molecule has 7 heteroatoms. The van der Waals surface area contributed by atoms with Gasteiger partial charge >= 0.3 is 5.97 Å². The number of carbonyl (C=O) groups is 2. The molecule has 0 aliphatic carbocycles. The van der Waals surface area contributed by atoms with Crippen molar-refractivity contribution in [3.05, 3.63) is 66.2 Å². The van der Waals surface area contributed by atoms with Crippen molar-refractivity contribution in [2.24, 2.45) is 0 Å². The maximum atomic E-state index is 12.3. The Balaban J connectivity index is 1.81. The van der Waals surface area contributed by atoms with Crippen molar-refractivity contribution >= 4 is 22.7 Å². The molecule has 0 radical (unpaired) electrons. The molecular formula is C20H23NO5S. The molecule has 27 heavy (non-hydrogen) atoms. The number of carbonyl (C=O) groups excluding carboxylic acids is 2. The summed E-state index contributed by atoms with van der Waals surface area (Å²) in [4.78, 5) is 24.7. The van der Waals surface area contributed by atoms with Crippen LogP contribution >= 0.6 is 0 Å². The summed E-state index contributed by atoms with van der Waals surface area (Å²) < 4.78 is 22.4. The number of hydrogen-bond acceptors (Lipinski definition) is 5. The van der Waals surface area contributed by atoms with Crippen LogP contribution in [0.25, 0.3) is 0 Å². The normalized spacial score (nSPS) is 12.8. The maximum Gasteiger partial charge on any atom is 0.328 e. The van der Waals surface area contributed by atoms with Crippen LogP contribution in [0.3, 0.4) is 0 Å². The lowest BCUT2D eigenvalue weighted by Gasteiger charge is -2.16. The minimum absolute atomic E-state index is 0.176. The van der Waals surface area contributed by atoms with Crippen molar-refractivity contribution in [3.8, 4) is 0 Å². The van der Waals surface area contributed by atoms with E-state index in [4.69, 9.17) is 9.47 Å². The smallest absolute Gasteiger partial charge is 0.328 e. The van der Waals surface area contributed by atoms with Crippen molar-refractivity contribution in [1.29, 1.82) is 0 Å². The number of amides is 1. The van der Waals surface area contributed by atoms with E-state index in [9.17, 15) is 13.8 Å². The van der Waals surface area contributed by atoms with Crippen LogP contribution in [0, 0.1) is 0 Å². The molecule has 6 nitrogen and oxygen atoms in total. The first-order chi connectivity index (χ1) is 13.1. The van der Waals surface area contributed by atoms with Crippen molar-refractivity contribution < 1.29 is 23.3 Å². The Morgan fingerprint density at radius 3 is 2.30 bits per heavy atom. The first-order valence-corrected chi connectivity index (χ1v) is 9.84. The molecule has 0 aliphatic rings. The third kappa shape index (κ3) is 7.32. The van der Waals surface area contributed by atoms with E-state index < -0.39 is 28.7 Å². The predicted molar refractivity (Wildman–Crippen MR) is 102 cm³/mol. The molecule has 1 N–H and O–H groups in total. The lowest BCUT2D eigenvalue weighted by molar-refractivity contribution is -0.145. The Labute approximate surface area is 161 Å². The maximum absolute atomic E-state index is 12.3. The Morgan fingerprint density at radius 1 is 1.04 bits per heavy atom. The molecule has 0 fully saturated rings. The van der Waals surface area contributed by atoms with Gasteiger partial charge in [-0.2, -0.15) is 0 Å². The number of esters is 1. The van der Waals surface area contributed by atoms with Crippen LogP contribution in [0.4, 0.5) is 0 Å². The van der Waals surface area contributed by atoms with E-state index in [1.165, 1.54) is 7.11 Å². The number of ether oxygens (including phenoxy) is 2. The van der Waals surface area contributed by atoms with Gasteiger partial charge in [0.25, 0.3) is 0 Å². The zero-order chi connectivity index (χ0) is 19.5. The molecule has 2 atom stereocenters. The highest BCUT2D eigenvalue weighted by molar-refractivity contribution is 7.85. The molecule has 0 saturated carbocycles. The summed E-state index contributed by atoms with van der Waals surface area (Å²) in [6.45, 7) is 0.124. The number of methoxy groups -OCH3 is 1. The quantitative estimate of drug-likeness (QED) is 0.629. The van der Waals surface area contributed by atoms with E-state index in [2.05, 4.69) is 5.32 Å². The standard InChI is InChI=1S/C20H23NO5S/c1-25-20(23)18(12-13-27(24)17-10-6-3-7-11-17)21-19(22)15-26-14-16-8-4-2-5-9-16/h2-11,18H,12-15H2,1H3,(H,21,22)/t18-,27-/m1/s1. The third-order valence-corrected chi connectivity index (χ3v) is 5.17. The van der Waals surface area contributed by atoms with Gasteiger partial charge in [-0.05, 0) is 24.1 Å². The van der Waals surface area contributed by atoms with E-state index in [-0.39, 0.29) is 18.8 Å². The minimum atomic E-state index is -1.26. The molecule has 2 aromatic carbocycles. The lowest BCUT2D eigenvalue weighted by atomic mass is 10.2. The summed E-state index contributed by atoms with van der Waals surface area (Å²) in [7, 11) is -0.00640. The van der Waals surface area contributed by atoms with Crippen LogP contribution in [-0.4, -0.2) is 41.6 Å². The summed E-state index contributed by atoms with van der Waals surface area (Å²) in [6.07, 6.45) is 0.207. The Morgan fingerprint density at radius 2 is 1.67 bits per heavy atom. The summed E-state index contributed by atoms with van der Waals surface area (Å²) in [5, 5.41) is 2.59. The first-order valence-electron chi connectivity index (χ1n) is 8.52. The van der Waals surface area contributed by atoms with Crippen LogP contribution in [0.5, 0.6) is 0 Å². The van der Waals surface area contributed by atoms with Crippen molar-refractivity contribution in [1.82, 2.24) is 5.32 Å². The molecule has 0 aromatic heterocycles. The third-order valence-electron chi connectivity index (χ3n) is 3.76. The van der Waals surface area contributed by atoms with Gasteiger partial charge in [0.15, 0.2) is 0 Å². The highest BCUT2D eigenvalue weighted by Crippen LogP contribution is 2.08. The average molecular weight is 389 g/mol. The molecule has 0 aliphatic heterocycles. The minimum Gasteiger partial charge on any atom is -0.467 e. The van der Waals surface area contributed by atoms with Gasteiger partial charge in [0.05, 0.1) is 24.5 Å². The second-order valence-electron chi connectivity index (χ2n) is 5.77. The SMILES string of the molecule is COC(=O)[C@@H](CC[S@@](=O)c1ccccc1)NC(=O)COCc1ccccc1. The van der Waals surface area contributed by atoms with Gasteiger partial charge < -0.3 is 14.8 Å². The largest absolute Gasteiger partial charge is 0.467 e. The number of benzene rings is 2. The second-order valence-corrected chi connectivity index (χ2v) is 7.34. The van der Waals surface area contributed by atoms with E-state index in [1.807, 2.05) is 36.4 Å². The topological polar surface area (TPSA) is 81.7 Å². The fraction of sp³-hybridized carbons (Fsp3) is 0.300. The zero-order valence-electron chi connectivity index (χ0n) is 15.1. The van der Waals surface area contributed by atoms with Gasteiger partial charge in [-0.25, -0.2) is 4.79 Å². The van der Waals surface area contributed by atoms with Crippen LogP contribution in [0.1, 0.15) is 12.0 Å². The molecule has 0 spiro atoms. The molecule has 0 heterocycles. The highest BCUT2D eigenvalue weighted by atomic mass is 32.2. The Hall–Kier alpha value is -2.51. The van der Waals surface area contributed by atoms with Crippen molar-refractivity contribution in [2.45, 2.75) is 24.0 Å². The zero-order valence-corrected chi connectivity index (χ0v) is 15.9. The molecule has 0 bridgehead atoms. The van der Waals surface area contributed by atoms with Gasteiger partial charge in [0.2, 0.25) is 5.91 Å². The fourth-order valence-corrected chi connectivity index (χ4v) is 3.52. The Bertz CT molecular complexity index is 751. The second kappa shape index (κ2) is 11.3. The van der Waals surface area contributed by atoms with Crippen LogP contribution in [0.15, 0.2) is 65.6 Å². The Kier molecular flexibility index (Phi) is 8.67. The van der Waals surface area contributed by atoms with E-state index in [1.54, 1.807) is 24.3 Å². The van der Waals surface area contributed by atoms with Crippen LogP contribution in [-0.2, 0) is 36.5 Å². The molecule has 2 rings (SSSR count). The van der Waals surface area contributed by atoms with Crippen LogP contribution < -0.4 is 5.32 Å². The van der Waals surface area contributed by atoms with Crippen molar-refractivity contribution in [3.63, 3.8) is 0 Å². The number of hydrogen-bond donors (Lipinski definition) is 1. The number of nitrogens with one attached hydrogen (secondary N) is 1. The summed E-state index contributed by atoms with van der Waals surface area (Å²) in [5.74, 6) is -0.766. The number of rotatable bonds is 10. The summed E-state index contributed by atoms with van der Waals surface area (Å²) >= 11 is 0. The first kappa shape index (κ1) is 20.8. The average Bonchev–Trinajstić information content (AvgIpc) is 2.71. The molecule has 144 valence electrons. The van der Waals surface area contributed by atoms with E-state index in [0.717, 1.165) is 5.56 Å². The van der Waals surface area contributed by atoms with Crippen molar-refractivity contribution in [2.75, 3.05) is 19.5 Å². The van der Waals surface area contributed by atoms with Gasteiger partial charge in [0, 0.05) is 10.6 Å². The predicted octanol–water partition coefficient (Wildman–Crippen LogP) is 2.06. The molecular weight excluding hydrogens is 366 g/mol. The van der Waals surface area contributed by atoms with Gasteiger partial charge in [-0.15, -0.1) is 0 Å². The van der Waals surface area contributed by atoms with Gasteiger partial charge in [-0.1, -0.05) is 48.5 Å². The fourth-order valence-electron chi connectivity index (χ4n) is 2.38. The van der Waals surface area contributed by atoms with Gasteiger partial charge in [-0.3, -0.25) is 9.00 Å². The molecule has 1 amide bonds. The van der Waals surface area contributed by atoms with Gasteiger partial charge in [0.1, 0.15) is 12.6 Å². The monoisotopic (exact) mass is 389 g/mol. The summed E-state index contributed by atoms with van der Waals surface area (Å²) in [6, 6.07) is 17.6. The highest BCUT2D eigenvalue weighted by Gasteiger charge is 2.22. The lowest BCUT2D eigenvalue weighted by Crippen LogP contribution is -2.43. The molecule has 0 saturated heterocycles. The van der Waals surface area contributed by atoms with E-state index >= 15 is 0 Å².